The number of benzene rings is 1. The number of nitrogens with one attached hydrogen (secondary N) is 2. The lowest BCUT2D eigenvalue weighted by Gasteiger charge is -2.24. The molecule has 0 radical (unpaired) electrons. The topological polar surface area (TPSA) is 67.2 Å². The first-order valence-electron chi connectivity index (χ1n) is 9.42. The van der Waals surface area contributed by atoms with Crippen LogP contribution in [0.25, 0.3) is 11.1 Å². The van der Waals surface area contributed by atoms with E-state index in [4.69, 9.17) is 4.74 Å². The third kappa shape index (κ3) is 3.66. The Morgan fingerprint density at radius 2 is 1.96 bits per heavy atom. The molecule has 0 fully saturated rings. The third-order valence-electron chi connectivity index (χ3n) is 5.02. The minimum absolute atomic E-state index is 0.568. The molecule has 3 aromatic rings. The summed E-state index contributed by atoms with van der Waals surface area (Å²) in [6.45, 7) is 4.99. The van der Waals surface area contributed by atoms with Crippen LogP contribution in [0, 0.1) is 6.92 Å². The van der Waals surface area contributed by atoms with E-state index in [1.165, 1.54) is 5.69 Å². The van der Waals surface area contributed by atoms with Crippen LogP contribution < -0.4 is 15.4 Å². The van der Waals surface area contributed by atoms with Gasteiger partial charge in [-0.25, -0.2) is 4.98 Å². The van der Waals surface area contributed by atoms with Crippen LogP contribution in [0.15, 0.2) is 36.5 Å². The molecular formula is C21H26N6O. The molecule has 0 atom stereocenters. The molecule has 7 heteroatoms. The maximum absolute atomic E-state index is 5.63. The number of methoxy groups -OCH3 is 1. The van der Waals surface area contributed by atoms with Crippen LogP contribution in [-0.4, -0.2) is 47.2 Å². The second-order valence-corrected chi connectivity index (χ2v) is 7.16. The fraction of sp³-hybridized carbons (Fsp3) is 0.333. The van der Waals surface area contributed by atoms with Gasteiger partial charge in [-0.3, -0.25) is 4.90 Å². The maximum atomic E-state index is 5.63. The lowest BCUT2D eigenvalue weighted by atomic mass is 10.1. The van der Waals surface area contributed by atoms with Crippen LogP contribution in [0.3, 0.4) is 0 Å². The summed E-state index contributed by atoms with van der Waals surface area (Å²) in [7, 11) is 5.71. The number of aromatic nitrogens is 3. The Hall–Kier alpha value is -3.06. The Kier molecular flexibility index (Phi) is 4.92. The molecule has 2 aromatic heterocycles. The van der Waals surface area contributed by atoms with Gasteiger partial charge in [0.25, 0.3) is 0 Å². The molecule has 3 heterocycles. The van der Waals surface area contributed by atoms with Crippen LogP contribution in [-0.2, 0) is 13.1 Å². The summed E-state index contributed by atoms with van der Waals surface area (Å²) < 4.78 is 7.96. The molecule has 1 aliphatic heterocycles. The van der Waals surface area contributed by atoms with Gasteiger partial charge in [0.1, 0.15) is 11.6 Å². The largest absolute Gasteiger partial charge is 0.496 e. The summed E-state index contributed by atoms with van der Waals surface area (Å²) in [6.07, 6.45) is 2.21. The monoisotopic (exact) mass is 378 g/mol. The zero-order valence-corrected chi connectivity index (χ0v) is 16.8. The van der Waals surface area contributed by atoms with Gasteiger partial charge < -0.3 is 19.9 Å². The van der Waals surface area contributed by atoms with Gasteiger partial charge in [-0.1, -0.05) is 0 Å². The number of aryl methyl sites for hydroxylation is 1. The highest BCUT2D eigenvalue weighted by Crippen LogP contribution is 2.35. The number of hydrogen-bond donors (Lipinski definition) is 2. The van der Waals surface area contributed by atoms with Gasteiger partial charge in [0.15, 0.2) is 0 Å². The van der Waals surface area contributed by atoms with Crippen molar-refractivity contribution in [3.05, 3.63) is 47.9 Å². The Morgan fingerprint density at radius 1 is 1.11 bits per heavy atom. The van der Waals surface area contributed by atoms with Crippen LogP contribution in [0.2, 0.25) is 0 Å². The van der Waals surface area contributed by atoms with Crippen molar-refractivity contribution in [2.75, 3.05) is 38.4 Å². The van der Waals surface area contributed by atoms with E-state index in [0.29, 0.717) is 5.95 Å². The SMILES string of the molecule is CNc1cc(C)nc(Nc2ccc(OC)c(-c3cc4n(c3)CCN(C)C4)c2)n1. The molecule has 28 heavy (non-hydrogen) atoms. The number of rotatable bonds is 5. The molecule has 0 bridgehead atoms. The highest BCUT2D eigenvalue weighted by atomic mass is 16.5. The van der Waals surface area contributed by atoms with Crippen LogP contribution >= 0.6 is 0 Å². The predicted octanol–water partition coefficient (Wildman–Crippen LogP) is 3.49. The first kappa shape index (κ1) is 18.3. The van der Waals surface area contributed by atoms with Gasteiger partial charge in [0.05, 0.1) is 7.11 Å². The minimum atomic E-state index is 0.568. The molecule has 0 saturated heterocycles. The van der Waals surface area contributed by atoms with Crippen molar-refractivity contribution in [2.24, 2.45) is 0 Å². The standard InChI is InChI=1S/C21H26N6O/c1-14-9-20(22-2)25-21(23-14)24-16-5-6-19(28-4)18(11-16)15-10-17-13-26(3)7-8-27(17)12-15/h5-6,9-12H,7-8,13H2,1-4H3,(H2,22,23,24,25). The summed E-state index contributed by atoms with van der Waals surface area (Å²) in [5.41, 5.74) is 5.36. The van der Waals surface area contributed by atoms with Crippen molar-refractivity contribution in [2.45, 2.75) is 20.0 Å². The normalized spacial score (nSPS) is 13.9. The van der Waals surface area contributed by atoms with E-state index < -0.39 is 0 Å². The molecule has 0 amide bonds. The average molecular weight is 378 g/mol. The van der Waals surface area contributed by atoms with Gasteiger partial charge in [-0.15, -0.1) is 0 Å². The molecule has 2 N–H and O–H groups in total. The number of nitrogens with zero attached hydrogens (tertiary/aromatic N) is 4. The molecule has 0 saturated carbocycles. The van der Waals surface area contributed by atoms with E-state index in [9.17, 15) is 0 Å². The highest BCUT2D eigenvalue weighted by molar-refractivity contribution is 5.76. The third-order valence-corrected chi connectivity index (χ3v) is 5.02. The van der Waals surface area contributed by atoms with Crippen LogP contribution in [0.4, 0.5) is 17.5 Å². The zero-order chi connectivity index (χ0) is 19.7. The summed E-state index contributed by atoms with van der Waals surface area (Å²) in [5.74, 6) is 2.20. The summed E-state index contributed by atoms with van der Waals surface area (Å²) in [4.78, 5) is 11.3. The fourth-order valence-corrected chi connectivity index (χ4v) is 3.57. The quantitative estimate of drug-likeness (QED) is 0.708. The molecule has 146 valence electrons. The molecular weight excluding hydrogens is 352 g/mol. The van der Waals surface area contributed by atoms with Crippen LogP contribution in [0.1, 0.15) is 11.4 Å². The van der Waals surface area contributed by atoms with Gasteiger partial charge in [0, 0.05) is 67.1 Å². The predicted molar refractivity (Wildman–Crippen MR) is 112 cm³/mol. The van der Waals surface area contributed by atoms with Crippen molar-refractivity contribution in [1.29, 1.82) is 0 Å². The first-order chi connectivity index (χ1) is 13.6. The number of hydrogen-bond acceptors (Lipinski definition) is 6. The van der Waals surface area contributed by atoms with Crippen LogP contribution in [0.5, 0.6) is 5.75 Å². The van der Waals surface area contributed by atoms with E-state index in [0.717, 1.165) is 53.7 Å². The van der Waals surface area contributed by atoms with E-state index in [1.807, 2.05) is 32.2 Å². The number of likely N-dealkylation sites (N-methyl/N-ethyl adjacent to an activating group) is 1. The van der Waals surface area contributed by atoms with E-state index in [1.54, 1.807) is 7.11 Å². The molecule has 1 aromatic carbocycles. The lowest BCUT2D eigenvalue weighted by Crippen LogP contribution is -2.29. The van der Waals surface area contributed by atoms with Crippen molar-refractivity contribution < 1.29 is 4.74 Å². The number of ether oxygens (including phenoxy) is 1. The maximum Gasteiger partial charge on any atom is 0.229 e. The molecule has 0 spiro atoms. The Morgan fingerprint density at radius 3 is 2.75 bits per heavy atom. The zero-order valence-electron chi connectivity index (χ0n) is 16.8. The average Bonchev–Trinajstić information content (AvgIpc) is 3.10. The smallest absolute Gasteiger partial charge is 0.229 e. The van der Waals surface area contributed by atoms with E-state index in [2.05, 4.69) is 55.4 Å². The number of anilines is 3. The fourth-order valence-electron chi connectivity index (χ4n) is 3.57. The minimum Gasteiger partial charge on any atom is -0.496 e. The Bertz CT molecular complexity index is 997. The van der Waals surface area contributed by atoms with Gasteiger partial charge in [-0.2, -0.15) is 4.98 Å². The highest BCUT2D eigenvalue weighted by Gasteiger charge is 2.17. The van der Waals surface area contributed by atoms with Gasteiger partial charge >= 0.3 is 0 Å². The Balaban J connectivity index is 1.68. The molecule has 0 aliphatic carbocycles. The molecule has 4 rings (SSSR count). The molecule has 7 nitrogen and oxygen atoms in total. The Labute approximate surface area is 165 Å². The van der Waals surface area contributed by atoms with Crippen molar-refractivity contribution in [3.63, 3.8) is 0 Å². The van der Waals surface area contributed by atoms with E-state index >= 15 is 0 Å². The summed E-state index contributed by atoms with van der Waals surface area (Å²) in [6, 6.07) is 10.2. The van der Waals surface area contributed by atoms with Gasteiger partial charge in [0.2, 0.25) is 5.95 Å². The summed E-state index contributed by atoms with van der Waals surface area (Å²) in [5, 5.41) is 6.38. The molecule has 1 aliphatic rings. The van der Waals surface area contributed by atoms with Crippen molar-refractivity contribution in [1.82, 2.24) is 19.4 Å². The van der Waals surface area contributed by atoms with Crippen molar-refractivity contribution >= 4 is 17.5 Å². The second kappa shape index (κ2) is 7.52. The second-order valence-electron chi connectivity index (χ2n) is 7.16. The van der Waals surface area contributed by atoms with Gasteiger partial charge in [-0.05, 0) is 38.2 Å². The summed E-state index contributed by atoms with van der Waals surface area (Å²) >= 11 is 0. The van der Waals surface area contributed by atoms with E-state index in [-0.39, 0.29) is 0 Å². The molecule has 0 unspecified atom stereocenters. The lowest BCUT2D eigenvalue weighted by molar-refractivity contribution is 0.270. The van der Waals surface area contributed by atoms with Crippen molar-refractivity contribution in [3.8, 4) is 16.9 Å². The first-order valence-corrected chi connectivity index (χ1v) is 9.42. The number of fused-ring (bicyclic) bond motifs is 1.